The van der Waals surface area contributed by atoms with Crippen LogP contribution in [0.25, 0.3) is 11.4 Å². The highest BCUT2D eigenvalue weighted by Crippen LogP contribution is 2.40. The van der Waals surface area contributed by atoms with E-state index in [0.29, 0.717) is 29.6 Å². The second-order valence-electron chi connectivity index (χ2n) is 7.80. The van der Waals surface area contributed by atoms with Crippen LogP contribution in [0.2, 0.25) is 0 Å². The zero-order chi connectivity index (χ0) is 24.3. The van der Waals surface area contributed by atoms with Gasteiger partial charge in [0.25, 0.3) is 5.88 Å². The maximum atomic E-state index is 13.2. The Kier molecular flexibility index (Phi) is 7.03. The van der Waals surface area contributed by atoms with Crippen molar-refractivity contribution in [3.63, 3.8) is 0 Å². The number of halogens is 1. The quantitative estimate of drug-likeness (QED) is 0.435. The molecule has 0 saturated carbocycles. The van der Waals surface area contributed by atoms with E-state index in [-0.39, 0.29) is 43.1 Å². The topological polar surface area (TPSA) is 131 Å². The largest absolute Gasteiger partial charge is 0.485 e. The average molecular weight is 493 g/mol. The second kappa shape index (κ2) is 9.97. The van der Waals surface area contributed by atoms with Gasteiger partial charge in [-0.2, -0.15) is 0 Å². The summed E-state index contributed by atoms with van der Waals surface area (Å²) in [6.07, 6.45) is 3.64. The van der Waals surface area contributed by atoms with Crippen molar-refractivity contribution in [1.82, 2.24) is 29.7 Å². The summed E-state index contributed by atoms with van der Waals surface area (Å²) in [5, 5.41) is 7.68. The number of fused-ring (bicyclic) bond motifs is 3. The van der Waals surface area contributed by atoms with Crippen molar-refractivity contribution in [3.05, 3.63) is 42.1 Å². The van der Waals surface area contributed by atoms with E-state index >= 15 is 0 Å². The van der Waals surface area contributed by atoms with Crippen LogP contribution in [0.3, 0.4) is 0 Å². The predicted molar refractivity (Wildman–Crippen MR) is 119 cm³/mol. The molecule has 0 saturated heterocycles. The minimum absolute atomic E-state index is 0.0421. The van der Waals surface area contributed by atoms with E-state index in [4.69, 9.17) is 14.2 Å². The lowest BCUT2D eigenvalue weighted by molar-refractivity contribution is 0.122. The summed E-state index contributed by atoms with van der Waals surface area (Å²) >= 11 is 0. The molecule has 0 radical (unpaired) electrons. The molecule has 11 nitrogen and oxygen atoms in total. The van der Waals surface area contributed by atoms with E-state index < -0.39 is 20.9 Å². The molecule has 0 unspecified atom stereocenters. The van der Waals surface area contributed by atoms with Crippen LogP contribution in [0, 0.1) is 5.82 Å². The molecule has 2 atom stereocenters. The van der Waals surface area contributed by atoms with Crippen LogP contribution in [0.5, 0.6) is 11.6 Å². The van der Waals surface area contributed by atoms with Crippen molar-refractivity contribution in [2.75, 3.05) is 26.9 Å². The van der Waals surface area contributed by atoms with Gasteiger partial charge < -0.3 is 18.8 Å². The van der Waals surface area contributed by atoms with Crippen molar-refractivity contribution in [1.29, 1.82) is 0 Å². The van der Waals surface area contributed by atoms with Crippen LogP contribution in [0.4, 0.5) is 4.39 Å². The molecule has 0 fully saturated rings. The van der Waals surface area contributed by atoms with Crippen LogP contribution >= 0.6 is 0 Å². The van der Waals surface area contributed by atoms with Crippen molar-refractivity contribution < 1.29 is 27.0 Å². The highest BCUT2D eigenvalue weighted by molar-refractivity contribution is 7.91. The van der Waals surface area contributed by atoms with E-state index in [2.05, 4.69) is 25.1 Å². The first-order chi connectivity index (χ1) is 16.3. The smallest absolute Gasteiger partial charge is 0.257 e. The Labute approximate surface area is 196 Å². The number of pyridine rings is 1. The van der Waals surface area contributed by atoms with Gasteiger partial charge in [0.2, 0.25) is 0 Å². The molecule has 1 aliphatic rings. The Morgan fingerprint density at radius 1 is 1.26 bits per heavy atom. The third kappa shape index (κ3) is 4.85. The molecule has 4 heterocycles. The molecule has 3 aromatic rings. The Hall–Kier alpha value is -3.19. The fourth-order valence-electron chi connectivity index (χ4n) is 3.69. The van der Waals surface area contributed by atoms with Gasteiger partial charge in [0.1, 0.15) is 24.0 Å². The van der Waals surface area contributed by atoms with Gasteiger partial charge in [-0.1, -0.05) is 0 Å². The highest BCUT2D eigenvalue weighted by atomic mass is 32.2. The molecule has 34 heavy (non-hydrogen) atoms. The van der Waals surface area contributed by atoms with E-state index in [1.165, 1.54) is 0 Å². The summed E-state index contributed by atoms with van der Waals surface area (Å²) < 4.78 is 58.2. The summed E-state index contributed by atoms with van der Waals surface area (Å²) in [7, 11) is -2.13. The standard InChI is InChI=1S/C21H25FN6O5S/c1-4-32-21-19-16(5-6-23-21)20-27-26-18(28(20)15(10-31-3)11-33-19)12-34(29,30)13(2)7-17-24-8-14(22)9-25-17/h5-6,8-9,13,15H,4,7,10-12H2,1-3H3/t13-,15+/m0/s1. The first kappa shape index (κ1) is 24.0. The molecule has 13 heteroatoms. The molecular formula is C21H25FN6O5S. The fourth-order valence-corrected chi connectivity index (χ4v) is 4.94. The number of hydrogen-bond donors (Lipinski definition) is 0. The Morgan fingerprint density at radius 3 is 2.74 bits per heavy atom. The lowest BCUT2D eigenvalue weighted by Crippen LogP contribution is -2.27. The molecule has 0 amide bonds. The van der Waals surface area contributed by atoms with Gasteiger partial charge in [-0.15, -0.1) is 10.2 Å². The highest BCUT2D eigenvalue weighted by Gasteiger charge is 2.33. The number of nitrogens with zero attached hydrogens (tertiary/aromatic N) is 6. The van der Waals surface area contributed by atoms with Crippen LogP contribution in [0.1, 0.15) is 31.5 Å². The molecule has 0 spiro atoms. The van der Waals surface area contributed by atoms with Gasteiger partial charge in [-0.25, -0.2) is 27.8 Å². The van der Waals surface area contributed by atoms with Crippen molar-refractivity contribution >= 4 is 9.84 Å². The van der Waals surface area contributed by atoms with Crippen LogP contribution < -0.4 is 9.47 Å². The SMILES string of the molecule is CCOc1nccc2c1OC[C@@H](COC)n1c(CS(=O)(=O)[C@@H](C)Cc3ncc(F)cn3)nnc1-2. The molecule has 4 rings (SSSR count). The minimum Gasteiger partial charge on any atom is -0.485 e. The third-order valence-electron chi connectivity index (χ3n) is 5.39. The number of sulfone groups is 1. The van der Waals surface area contributed by atoms with Crippen molar-refractivity contribution in [2.24, 2.45) is 0 Å². The molecule has 0 aromatic carbocycles. The van der Waals surface area contributed by atoms with Gasteiger partial charge in [-0.05, 0) is 19.9 Å². The van der Waals surface area contributed by atoms with E-state index in [1.54, 1.807) is 30.9 Å². The monoisotopic (exact) mass is 492 g/mol. The zero-order valence-corrected chi connectivity index (χ0v) is 19.8. The number of methoxy groups -OCH3 is 1. The molecular weight excluding hydrogens is 467 g/mol. The zero-order valence-electron chi connectivity index (χ0n) is 19.0. The maximum Gasteiger partial charge on any atom is 0.257 e. The normalized spacial score (nSPS) is 16.2. The first-order valence-corrected chi connectivity index (χ1v) is 12.4. The number of ether oxygens (including phenoxy) is 3. The van der Waals surface area contributed by atoms with Crippen LogP contribution in [0.15, 0.2) is 24.7 Å². The summed E-state index contributed by atoms with van der Waals surface area (Å²) in [6.45, 7) is 4.24. The summed E-state index contributed by atoms with van der Waals surface area (Å²) in [4.78, 5) is 12.0. The molecule has 182 valence electrons. The molecule has 1 aliphatic heterocycles. The number of hydrogen-bond acceptors (Lipinski definition) is 10. The second-order valence-corrected chi connectivity index (χ2v) is 10.2. The van der Waals surface area contributed by atoms with Gasteiger partial charge in [0, 0.05) is 19.7 Å². The molecule has 0 bridgehead atoms. The van der Waals surface area contributed by atoms with E-state index in [0.717, 1.165) is 12.4 Å². The molecule has 0 aliphatic carbocycles. The fraction of sp³-hybridized carbons (Fsp3) is 0.476. The summed E-state index contributed by atoms with van der Waals surface area (Å²) in [5.41, 5.74) is 0.598. The Morgan fingerprint density at radius 2 is 2.03 bits per heavy atom. The lowest BCUT2D eigenvalue weighted by atomic mass is 10.2. The van der Waals surface area contributed by atoms with E-state index in [9.17, 15) is 12.8 Å². The molecule has 0 N–H and O–H groups in total. The summed E-state index contributed by atoms with van der Waals surface area (Å²) in [6, 6.07) is 1.35. The average Bonchev–Trinajstić information content (AvgIpc) is 3.13. The van der Waals surface area contributed by atoms with Crippen molar-refractivity contribution in [3.8, 4) is 23.0 Å². The van der Waals surface area contributed by atoms with Gasteiger partial charge >= 0.3 is 0 Å². The number of rotatable bonds is 9. The van der Waals surface area contributed by atoms with E-state index in [1.807, 2.05) is 6.92 Å². The van der Waals surface area contributed by atoms with Crippen LogP contribution in [-0.2, 0) is 26.7 Å². The third-order valence-corrected chi connectivity index (χ3v) is 7.45. The Balaban J connectivity index is 1.68. The van der Waals surface area contributed by atoms with Crippen LogP contribution in [-0.4, -0.2) is 70.3 Å². The lowest BCUT2D eigenvalue weighted by Gasteiger charge is -2.19. The molecule has 3 aromatic heterocycles. The number of aromatic nitrogens is 6. The first-order valence-electron chi connectivity index (χ1n) is 10.7. The Bertz CT molecular complexity index is 1250. The van der Waals surface area contributed by atoms with Gasteiger partial charge in [0.05, 0.1) is 42.5 Å². The maximum absolute atomic E-state index is 13.2. The minimum atomic E-state index is -3.69. The van der Waals surface area contributed by atoms with Gasteiger partial charge in [0.15, 0.2) is 27.2 Å². The van der Waals surface area contributed by atoms with Gasteiger partial charge in [-0.3, -0.25) is 0 Å². The summed E-state index contributed by atoms with van der Waals surface area (Å²) in [5.74, 6) is 0.754. The predicted octanol–water partition coefficient (Wildman–Crippen LogP) is 1.79. The van der Waals surface area contributed by atoms with Crippen molar-refractivity contribution in [2.45, 2.75) is 37.3 Å².